The Labute approximate surface area is 166 Å². The number of morpholine rings is 1. The van der Waals surface area contributed by atoms with Crippen LogP contribution in [0.2, 0.25) is 0 Å². The Bertz CT molecular complexity index is 722. The third-order valence-corrected chi connectivity index (χ3v) is 4.84. The summed E-state index contributed by atoms with van der Waals surface area (Å²) in [4.78, 5) is 2.36. The summed E-state index contributed by atoms with van der Waals surface area (Å²) in [5.74, 6) is 0.642. The van der Waals surface area contributed by atoms with E-state index in [2.05, 4.69) is 16.3 Å². The van der Waals surface area contributed by atoms with Gasteiger partial charge in [0.05, 0.1) is 19.8 Å². The molecule has 2 aromatic rings. The fraction of sp³-hybridized carbons (Fsp3) is 0.455. The number of hydrogen-bond donors (Lipinski definition) is 1. The molecule has 1 heterocycles. The summed E-state index contributed by atoms with van der Waals surface area (Å²) in [6.07, 6.45) is 0. The Morgan fingerprint density at radius 2 is 1.93 bits per heavy atom. The number of ether oxygens (including phenoxy) is 3. The van der Waals surface area contributed by atoms with Gasteiger partial charge in [-0.25, -0.2) is 4.39 Å². The minimum absolute atomic E-state index is 0.112. The molecule has 1 aliphatic heterocycles. The first-order chi connectivity index (χ1) is 13.8. The summed E-state index contributed by atoms with van der Waals surface area (Å²) in [5, 5.41) is 3.53. The maximum Gasteiger partial charge on any atom is 0.123 e. The standard InChI is InChI=1S/C22H29FN2O3/c1-26-12-13-28-21-7-2-4-18(14-21)16-24-17-22(25-8-10-27-11-9-25)19-5-3-6-20(23)15-19/h2-7,14-15,22,24H,8-13,16-17H2,1H3. The average molecular weight is 388 g/mol. The summed E-state index contributed by atoms with van der Waals surface area (Å²) in [7, 11) is 1.66. The molecule has 0 radical (unpaired) electrons. The highest BCUT2D eigenvalue weighted by Crippen LogP contribution is 2.22. The Morgan fingerprint density at radius 1 is 1.11 bits per heavy atom. The van der Waals surface area contributed by atoms with Gasteiger partial charge < -0.3 is 19.5 Å². The molecule has 28 heavy (non-hydrogen) atoms. The monoisotopic (exact) mass is 388 g/mol. The molecule has 1 N–H and O–H groups in total. The molecule has 0 bridgehead atoms. The molecule has 1 saturated heterocycles. The zero-order valence-electron chi connectivity index (χ0n) is 16.4. The van der Waals surface area contributed by atoms with Crippen LogP contribution in [0.15, 0.2) is 48.5 Å². The van der Waals surface area contributed by atoms with Crippen LogP contribution in [0.4, 0.5) is 4.39 Å². The molecule has 5 nitrogen and oxygen atoms in total. The summed E-state index contributed by atoms with van der Waals surface area (Å²) >= 11 is 0. The fourth-order valence-corrected chi connectivity index (χ4v) is 3.40. The van der Waals surface area contributed by atoms with Gasteiger partial charge in [0.2, 0.25) is 0 Å². The van der Waals surface area contributed by atoms with E-state index in [9.17, 15) is 4.39 Å². The lowest BCUT2D eigenvalue weighted by atomic mass is 10.0. The molecular weight excluding hydrogens is 359 g/mol. The van der Waals surface area contributed by atoms with Gasteiger partial charge in [-0.15, -0.1) is 0 Å². The average Bonchev–Trinajstić information content (AvgIpc) is 2.72. The molecule has 1 fully saturated rings. The Hall–Kier alpha value is -1.99. The van der Waals surface area contributed by atoms with Crippen LogP contribution in [0.5, 0.6) is 5.75 Å². The van der Waals surface area contributed by atoms with Crippen molar-refractivity contribution in [2.45, 2.75) is 12.6 Å². The van der Waals surface area contributed by atoms with E-state index in [1.807, 2.05) is 24.3 Å². The molecule has 2 aromatic carbocycles. The van der Waals surface area contributed by atoms with E-state index in [1.165, 1.54) is 6.07 Å². The normalized spacial score (nSPS) is 16.1. The molecule has 6 heteroatoms. The lowest BCUT2D eigenvalue weighted by Gasteiger charge is -2.35. The van der Waals surface area contributed by atoms with Crippen LogP contribution >= 0.6 is 0 Å². The lowest BCUT2D eigenvalue weighted by Crippen LogP contribution is -2.42. The van der Waals surface area contributed by atoms with E-state index in [4.69, 9.17) is 14.2 Å². The first kappa shape index (κ1) is 20.7. The lowest BCUT2D eigenvalue weighted by molar-refractivity contribution is 0.0160. The first-order valence-corrected chi connectivity index (χ1v) is 9.75. The molecule has 0 aliphatic carbocycles. The molecule has 0 amide bonds. The maximum absolute atomic E-state index is 13.8. The van der Waals surface area contributed by atoms with E-state index >= 15 is 0 Å². The van der Waals surface area contributed by atoms with Crippen LogP contribution in [0.3, 0.4) is 0 Å². The molecule has 1 unspecified atom stereocenters. The zero-order valence-corrected chi connectivity index (χ0v) is 16.4. The topological polar surface area (TPSA) is 43.0 Å². The largest absolute Gasteiger partial charge is 0.491 e. The summed E-state index contributed by atoms with van der Waals surface area (Å²) < 4.78 is 29.9. The maximum atomic E-state index is 13.8. The van der Waals surface area contributed by atoms with Crippen molar-refractivity contribution >= 4 is 0 Å². The minimum atomic E-state index is -0.198. The van der Waals surface area contributed by atoms with Crippen molar-refractivity contribution in [2.75, 3.05) is 53.2 Å². The first-order valence-electron chi connectivity index (χ1n) is 9.75. The van der Waals surface area contributed by atoms with E-state index in [-0.39, 0.29) is 11.9 Å². The molecule has 1 atom stereocenters. The van der Waals surface area contributed by atoms with Gasteiger partial charge in [-0.05, 0) is 35.4 Å². The van der Waals surface area contributed by atoms with E-state index in [1.54, 1.807) is 19.2 Å². The smallest absolute Gasteiger partial charge is 0.123 e. The Morgan fingerprint density at radius 3 is 2.71 bits per heavy atom. The number of rotatable bonds is 10. The van der Waals surface area contributed by atoms with Crippen LogP contribution in [0.1, 0.15) is 17.2 Å². The highest BCUT2D eigenvalue weighted by Gasteiger charge is 2.22. The van der Waals surface area contributed by atoms with Crippen molar-refractivity contribution < 1.29 is 18.6 Å². The van der Waals surface area contributed by atoms with E-state index < -0.39 is 0 Å². The molecule has 1 aliphatic rings. The van der Waals surface area contributed by atoms with Crippen LogP contribution in [0.25, 0.3) is 0 Å². The van der Waals surface area contributed by atoms with Crippen LogP contribution in [-0.2, 0) is 16.0 Å². The summed E-state index contributed by atoms with van der Waals surface area (Å²) in [6.45, 7) is 5.69. The van der Waals surface area contributed by atoms with Crippen molar-refractivity contribution in [1.29, 1.82) is 0 Å². The van der Waals surface area contributed by atoms with Crippen LogP contribution in [-0.4, -0.2) is 58.1 Å². The molecule has 152 valence electrons. The van der Waals surface area contributed by atoms with Gasteiger partial charge in [0, 0.05) is 39.3 Å². The zero-order chi connectivity index (χ0) is 19.6. The predicted molar refractivity (Wildman–Crippen MR) is 107 cm³/mol. The molecule has 0 aromatic heterocycles. The second-order valence-corrected chi connectivity index (χ2v) is 6.84. The number of nitrogens with zero attached hydrogens (tertiary/aromatic N) is 1. The van der Waals surface area contributed by atoms with Gasteiger partial charge in [-0.3, -0.25) is 4.90 Å². The SMILES string of the molecule is COCCOc1cccc(CNCC(c2cccc(F)c2)N2CCOCC2)c1. The fourth-order valence-electron chi connectivity index (χ4n) is 3.40. The number of methoxy groups -OCH3 is 1. The summed E-state index contributed by atoms with van der Waals surface area (Å²) in [6, 6.07) is 15.0. The number of benzene rings is 2. The highest BCUT2D eigenvalue weighted by molar-refractivity contribution is 5.28. The summed E-state index contributed by atoms with van der Waals surface area (Å²) in [5.41, 5.74) is 2.14. The van der Waals surface area contributed by atoms with Crippen LogP contribution in [0, 0.1) is 5.82 Å². The third-order valence-electron chi connectivity index (χ3n) is 4.84. The quantitative estimate of drug-likeness (QED) is 0.634. The highest BCUT2D eigenvalue weighted by atomic mass is 19.1. The van der Waals surface area contributed by atoms with Crippen LogP contribution < -0.4 is 10.1 Å². The Kier molecular flexibility index (Phi) is 8.23. The van der Waals surface area contributed by atoms with Gasteiger partial charge in [-0.2, -0.15) is 0 Å². The molecule has 0 saturated carbocycles. The third kappa shape index (κ3) is 6.27. The number of hydrogen-bond acceptors (Lipinski definition) is 5. The van der Waals surface area contributed by atoms with Gasteiger partial charge in [0.1, 0.15) is 18.2 Å². The second kappa shape index (κ2) is 11.1. The second-order valence-electron chi connectivity index (χ2n) is 6.84. The molecular formula is C22H29FN2O3. The van der Waals surface area contributed by atoms with E-state index in [0.29, 0.717) is 26.4 Å². The van der Waals surface area contributed by atoms with Crippen molar-refractivity contribution in [3.05, 3.63) is 65.5 Å². The van der Waals surface area contributed by atoms with E-state index in [0.717, 1.165) is 43.1 Å². The molecule has 0 spiro atoms. The van der Waals surface area contributed by atoms with Gasteiger partial charge in [-0.1, -0.05) is 24.3 Å². The van der Waals surface area contributed by atoms with Gasteiger partial charge >= 0.3 is 0 Å². The van der Waals surface area contributed by atoms with Crippen molar-refractivity contribution in [1.82, 2.24) is 10.2 Å². The minimum Gasteiger partial charge on any atom is -0.491 e. The molecule has 3 rings (SSSR count). The number of halogens is 1. The van der Waals surface area contributed by atoms with Gasteiger partial charge in [0.25, 0.3) is 0 Å². The predicted octanol–water partition coefficient (Wildman–Crippen LogP) is 3.01. The van der Waals surface area contributed by atoms with Crippen molar-refractivity contribution in [3.63, 3.8) is 0 Å². The number of nitrogens with one attached hydrogen (secondary N) is 1. The Balaban J connectivity index is 1.60. The van der Waals surface area contributed by atoms with Crippen molar-refractivity contribution in [2.24, 2.45) is 0 Å². The van der Waals surface area contributed by atoms with Crippen molar-refractivity contribution in [3.8, 4) is 5.75 Å². The van der Waals surface area contributed by atoms with Gasteiger partial charge in [0.15, 0.2) is 0 Å².